The number of ether oxygens (including phenoxy) is 2. The Morgan fingerprint density at radius 3 is 2.58 bits per heavy atom. The third-order valence-electron chi connectivity index (χ3n) is 5.47. The molecule has 0 aliphatic rings. The first-order valence-electron chi connectivity index (χ1n) is 10.7. The number of rotatable bonds is 8. The second kappa shape index (κ2) is 11.0. The topological polar surface area (TPSA) is 65.7 Å². The van der Waals surface area contributed by atoms with Crippen LogP contribution < -0.4 is 15.0 Å². The van der Waals surface area contributed by atoms with E-state index in [0.717, 1.165) is 17.3 Å². The molecule has 0 aliphatic heterocycles. The van der Waals surface area contributed by atoms with E-state index in [1.807, 2.05) is 39.8 Å². The van der Waals surface area contributed by atoms with Crippen LogP contribution in [0.2, 0.25) is 5.02 Å². The highest BCUT2D eigenvalue weighted by Crippen LogP contribution is 2.42. The monoisotopic (exact) mass is 597 g/mol. The number of aromatic nitrogens is 2. The Labute approximate surface area is 215 Å². The van der Waals surface area contributed by atoms with E-state index in [9.17, 15) is 4.79 Å². The van der Waals surface area contributed by atoms with Crippen molar-refractivity contribution in [3.8, 4) is 11.5 Å². The first-order valence-corrected chi connectivity index (χ1v) is 12.7. The van der Waals surface area contributed by atoms with Crippen molar-refractivity contribution >= 4 is 60.6 Å². The van der Waals surface area contributed by atoms with Crippen molar-refractivity contribution < 1.29 is 9.47 Å². The van der Waals surface area contributed by atoms with Gasteiger partial charge in [-0.05, 0) is 60.0 Å². The molecule has 0 amide bonds. The van der Waals surface area contributed by atoms with Crippen LogP contribution in [-0.4, -0.2) is 29.1 Å². The number of methoxy groups -OCH3 is 1. The first kappa shape index (κ1) is 25.7. The number of benzene rings is 2. The van der Waals surface area contributed by atoms with Crippen LogP contribution in [0.25, 0.3) is 10.9 Å². The SMILES string of the molecule is CC[C@@H](C)Oc1c(OC)cc(C=Nn2c([C@@H](C)CC)nc3ccc(Br)cc3c2=O)c(Br)c1Cl. The van der Waals surface area contributed by atoms with Crippen molar-refractivity contribution in [3.05, 3.63) is 60.0 Å². The molecule has 0 unspecified atom stereocenters. The Hall–Kier alpha value is -1.90. The summed E-state index contributed by atoms with van der Waals surface area (Å²) >= 11 is 13.6. The fraction of sp³-hybridized carbons (Fsp3) is 0.375. The summed E-state index contributed by atoms with van der Waals surface area (Å²) in [5, 5.41) is 5.39. The van der Waals surface area contributed by atoms with E-state index in [2.05, 4.69) is 37.0 Å². The molecular formula is C24H26Br2ClN3O3. The third-order valence-corrected chi connectivity index (χ3v) is 7.41. The van der Waals surface area contributed by atoms with Gasteiger partial charge in [0.05, 0.1) is 30.3 Å². The van der Waals surface area contributed by atoms with Gasteiger partial charge in [-0.15, -0.1) is 0 Å². The zero-order valence-corrected chi connectivity index (χ0v) is 23.1. The van der Waals surface area contributed by atoms with E-state index < -0.39 is 0 Å². The van der Waals surface area contributed by atoms with Crippen molar-refractivity contribution in [2.24, 2.45) is 5.10 Å². The normalized spacial score (nSPS) is 13.5. The Morgan fingerprint density at radius 1 is 1.21 bits per heavy atom. The lowest BCUT2D eigenvalue weighted by Gasteiger charge is -2.18. The third kappa shape index (κ3) is 5.44. The molecule has 2 atom stereocenters. The molecule has 1 aromatic heterocycles. The molecule has 3 aromatic rings. The predicted octanol–water partition coefficient (Wildman–Crippen LogP) is 7.16. The minimum atomic E-state index is -0.237. The summed E-state index contributed by atoms with van der Waals surface area (Å²) in [6.07, 6.45) is 3.19. The largest absolute Gasteiger partial charge is 0.493 e. The highest BCUT2D eigenvalue weighted by Gasteiger charge is 2.19. The standard InChI is InChI=1S/C24H26Br2ClN3O3/c1-6-13(3)23-29-18-9-8-16(25)11-17(18)24(31)30(23)28-12-15-10-19(32-5)22(21(27)20(15)26)33-14(4)7-2/h8-14H,6-7H2,1-5H3/t13-,14+/m0/s1. The second-order valence-corrected chi connectivity index (χ2v) is 9.85. The van der Waals surface area contributed by atoms with Gasteiger partial charge in [-0.1, -0.05) is 48.3 Å². The van der Waals surface area contributed by atoms with Gasteiger partial charge < -0.3 is 9.47 Å². The minimum Gasteiger partial charge on any atom is -0.493 e. The number of nitrogens with zero attached hydrogens (tertiary/aromatic N) is 3. The minimum absolute atomic E-state index is 0.0255. The lowest BCUT2D eigenvalue weighted by Crippen LogP contribution is -2.23. The Bertz CT molecular complexity index is 1260. The van der Waals surface area contributed by atoms with Crippen LogP contribution in [0.1, 0.15) is 57.8 Å². The summed E-state index contributed by atoms with van der Waals surface area (Å²) in [5.41, 5.74) is 1.05. The summed E-state index contributed by atoms with van der Waals surface area (Å²) < 4.78 is 14.2. The molecule has 0 saturated heterocycles. The molecule has 176 valence electrons. The van der Waals surface area contributed by atoms with Crippen LogP contribution in [-0.2, 0) is 0 Å². The molecule has 0 bridgehead atoms. The van der Waals surface area contributed by atoms with Crippen LogP contribution in [0.4, 0.5) is 0 Å². The maximum atomic E-state index is 13.3. The Balaban J connectivity index is 2.16. The Morgan fingerprint density at radius 2 is 1.94 bits per heavy atom. The van der Waals surface area contributed by atoms with E-state index in [0.29, 0.717) is 43.3 Å². The summed E-state index contributed by atoms with van der Waals surface area (Å²) in [6, 6.07) is 7.24. The van der Waals surface area contributed by atoms with Gasteiger partial charge in [0.15, 0.2) is 11.5 Å². The molecule has 0 fully saturated rings. The molecule has 0 radical (unpaired) electrons. The van der Waals surface area contributed by atoms with Crippen molar-refractivity contribution in [2.45, 2.75) is 52.6 Å². The highest BCUT2D eigenvalue weighted by molar-refractivity contribution is 9.10. The molecule has 6 nitrogen and oxygen atoms in total. The molecule has 0 spiro atoms. The number of halogens is 3. The molecule has 1 heterocycles. The van der Waals surface area contributed by atoms with Crippen LogP contribution in [0.15, 0.2) is 43.1 Å². The maximum Gasteiger partial charge on any atom is 0.282 e. The van der Waals surface area contributed by atoms with E-state index in [-0.39, 0.29) is 17.6 Å². The fourth-order valence-electron chi connectivity index (χ4n) is 3.14. The maximum absolute atomic E-state index is 13.3. The second-order valence-electron chi connectivity index (χ2n) is 7.76. The summed E-state index contributed by atoms with van der Waals surface area (Å²) in [7, 11) is 1.56. The molecule has 0 N–H and O–H groups in total. The van der Waals surface area contributed by atoms with Crippen molar-refractivity contribution in [1.82, 2.24) is 9.66 Å². The van der Waals surface area contributed by atoms with Crippen molar-refractivity contribution in [3.63, 3.8) is 0 Å². The highest BCUT2D eigenvalue weighted by atomic mass is 79.9. The molecule has 0 saturated carbocycles. The summed E-state index contributed by atoms with van der Waals surface area (Å²) in [4.78, 5) is 18.1. The molecule has 2 aromatic carbocycles. The van der Waals surface area contributed by atoms with E-state index >= 15 is 0 Å². The van der Waals surface area contributed by atoms with Gasteiger partial charge in [0, 0.05) is 20.4 Å². The van der Waals surface area contributed by atoms with Gasteiger partial charge in [-0.3, -0.25) is 4.79 Å². The van der Waals surface area contributed by atoms with Gasteiger partial charge in [-0.25, -0.2) is 4.98 Å². The van der Waals surface area contributed by atoms with Gasteiger partial charge in [0.2, 0.25) is 0 Å². The smallest absolute Gasteiger partial charge is 0.282 e. The zero-order valence-electron chi connectivity index (χ0n) is 19.2. The van der Waals surface area contributed by atoms with Crippen molar-refractivity contribution in [2.75, 3.05) is 7.11 Å². The molecule has 33 heavy (non-hydrogen) atoms. The number of fused-ring (bicyclic) bond motifs is 1. The van der Waals surface area contributed by atoms with Crippen LogP contribution in [0.5, 0.6) is 11.5 Å². The fourth-order valence-corrected chi connectivity index (χ4v) is 4.15. The van der Waals surface area contributed by atoms with E-state index in [4.69, 9.17) is 26.1 Å². The van der Waals surface area contributed by atoms with Crippen LogP contribution in [0.3, 0.4) is 0 Å². The predicted molar refractivity (Wildman–Crippen MR) is 141 cm³/mol. The van der Waals surface area contributed by atoms with E-state index in [1.165, 1.54) is 4.68 Å². The summed E-state index contributed by atoms with van der Waals surface area (Å²) in [6.45, 7) is 8.07. The molecule has 9 heteroatoms. The van der Waals surface area contributed by atoms with Gasteiger partial charge in [-0.2, -0.15) is 9.78 Å². The average molecular weight is 600 g/mol. The number of hydrogen-bond acceptors (Lipinski definition) is 5. The average Bonchev–Trinajstić information content (AvgIpc) is 2.81. The molecule has 3 rings (SSSR count). The van der Waals surface area contributed by atoms with Gasteiger partial charge in [0.25, 0.3) is 5.56 Å². The lowest BCUT2D eigenvalue weighted by atomic mass is 10.1. The lowest BCUT2D eigenvalue weighted by molar-refractivity contribution is 0.207. The van der Waals surface area contributed by atoms with Gasteiger partial charge >= 0.3 is 0 Å². The van der Waals surface area contributed by atoms with Crippen LogP contribution in [0, 0.1) is 0 Å². The van der Waals surface area contributed by atoms with Gasteiger partial charge in [0.1, 0.15) is 10.8 Å². The number of hydrogen-bond donors (Lipinski definition) is 0. The van der Waals surface area contributed by atoms with Crippen LogP contribution >= 0.6 is 43.5 Å². The Kier molecular flexibility index (Phi) is 8.59. The van der Waals surface area contributed by atoms with E-state index in [1.54, 1.807) is 25.5 Å². The quantitative estimate of drug-likeness (QED) is 0.258. The van der Waals surface area contributed by atoms with Crippen molar-refractivity contribution in [1.29, 1.82) is 0 Å². The summed E-state index contributed by atoms with van der Waals surface area (Å²) in [5.74, 6) is 1.59. The molecule has 0 aliphatic carbocycles. The zero-order chi connectivity index (χ0) is 24.3. The molecular weight excluding hydrogens is 574 g/mol. The first-order chi connectivity index (χ1) is 15.7.